The highest BCUT2D eigenvalue weighted by molar-refractivity contribution is 9.10. The standard InChI is InChI=1S/C17H24BrN3O2/c1-10(2)8-14(21-16(22)23-17(3,4)5)15-19-12-7-6-11(18)9-13(12)20-15/h6-7,9-10,14H,8H2,1-5H3,(H,19,20)(H,21,22)/t14-/m1/s1. The SMILES string of the molecule is CC(C)C[C@@H](NC(=O)OC(C)(C)C)c1nc2ccc(Br)cc2[nH]1. The first-order chi connectivity index (χ1) is 10.6. The van der Waals surface area contributed by atoms with Crippen LogP contribution in [-0.4, -0.2) is 21.7 Å². The number of imidazole rings is 1. The molecule has 0 unspecified atom stereocenters. The van der Waals surface area contributed by atoms with Crippen molar-refractivity contribution in [3.63, 3.8) is 0 Å². The van der Waals surface area contributed by atoms with Crippen LogP contribution in [0.1, 0.15) is 52.9 Å². The molecule has 2 N–H and O–H groups in total. The maximum absolute atomic E-state index is 12.1. The third-order valence-corrected chi connectivity index (χ3v) is 3.68. The molecule has 0 saturated heterocycles. The summed E-state index contributed by atoms with van der Waals surface area (Å²) in [6, 6.07) is 5.66. The quantitative estimate of drug-likeness (QED) is 0.787. The summed E-state index contributed by atoms with van der Waals surface area (Å²) < 4.78 is 6.35. The fraction of sp³-hybridized carbons (Fsp3) is 0.529. The van der Waals surface area contributed by atoms with Crippen LogP contribution < -0.4 is 5.32 Å². The smallest absolute Gasteiger partial charge is 0.408 e. The Kier molecular flexibility index (Phi) is 5.34. The molecule has 1 amide bonds. The minimum atomic E-state index is -0.523. The molecule has 0 spiro atoms. The number of benzene rings is 1. The summed E-state index contributed by atoms with van der Waals surface area (Å²) in [6.07, 6.45) is 0.352. The number of nitrogens with one attached hydrogen (secondary N) is 2. The molecule has 1 heterocycles. The van der Waals surface area contributed by atoms with Crippen LogP contribution >= 0.6 is 15.9 Å². The molecule has 5 nitrogen and oxygen atoms in total. The van der Waals surface area contributed by atoms with E-state index in [2.05, 4.69) is 45.1 Å². The predicted molar refractivity (Wildman–Crippen MR) is 95.4 cm³/mol. The van der Waals surface area contributed by atoms with Gasteiger partial charge in [-0.15, -0.1) is 0 Å². The summed E-state index contributed by atoms with van der Waals surface area (Å²) in [5.74, 6) is 1.16. The van der Waals surface area contributed by atoms with Gasteiger partial charge in [0.05, 0.1) is 17.1 Å². The van der Waals surface area contributed by atoms with Crippen molar-refractivity contribution in [3.05, 3.63) is 28.5 Å². The van der Waals surface area contributed by atoms with E-state index >= 15 is 0 Å². The zero-order valence-corrected chi connectivity index (χ0v) is 15.8. The van der Waals surface area contributed by atoms with Crippen LogP contribution in [0.3, 0.4) is 0 Å². The monoisotopic (exact) mass is 381 g/mol. The molecule has 1 aromatic carbocycles. The Morgan fingerprint density at radius 2 is 2.09 bits per heavy atom. The molecular formula is C17H24BrN3O2. The van der Waals surface area contributed by atoms with Crippen molar-refractivity contribution in [2.45, 2.75) is 52.7 Å². The van der Waals surface area contributed by atoms with Crippen molar-refractivity contribution in [2.24, 2.45) is 5.92 Å². The number of hydrogen-bond acceptors (Lipinski definition) is 3. The van der Waals surface area contributed by atoms with Gasteiger partial charge in [0.2, 0.25) is 0 Å². The molecule has 23 heavy (non-hydrogen) atoms. The molecule has 0 saturated carbocycles. The Balaban J connectivity index is 2.24. The van der Waals surface area contributed by atoms with Crippen LogP contribution in [0.5, 0.6) is 0 Å². The van der Waals surface area contributed by atoms with Gasteiger partial charge in [-0.05, 0) is 51.3 Å². The molecule has 2 aromatic rings. The van der Waals surface area contributed by atoms with E-state index in [0.29, 0.717) is 5.92 Å². The minimum absolute atomic E-state index is 0.212. The molecule has 2 rings (SSSR count). The normalized spacial score (nSPS) is 13.3. The summed E-state index contributed by atoms with van der Waals surface area (Å²) in [6.45, 7) is 9.78. The lowest BCUT2D eigenvalue weighted by Crippen LogP contribution is -2.35. The van der Waals surface area contributed by atoms with E-state index in [1.54, 1.807) is 0 Å². The van der Waals surface area contributed by atoms with Gasteiger partial charge in [-0.2, -0.15) is 0 Å². The number of aromatic amines is 1. The van der Waals surface area contributed by atoms with E-state index in [9.17, 15) is 4.79 Å². The van der Waals surface area contributed by atoms with Gasteiger partial charge in [-0.3, -0.25) is 0 Å². The van der Waals surface area contributed by atoms with Crippen LogP contribution in [0.2, 0.25) is 0 Å². The van der Waals surface area contributed by atoms with E-state index in [-0.39, 0.29) is 6.04 Å². The number of carbonyl (C=O) groups excluding carboxylic acids is 1. The number of H-pyrrole nitrogens is 1. The van der Waals surface area contributed by atoms with Crippen LogP contribution in [0, 0.1) is 5.92 Å². The van der Waals surface area contributed by atoms with Crippen molar-refractivity contribution in [1.29, 1.82) is 0 Å². The second-order valence-corrected chi connectivity index (χ2v) is 8.03. The topological polar surface area (TPSA) is 67.0 Å². The number of fused-ring (bicyclic) bond motifs is 1. The van der Waals surface area contributed by atoms with E-state index in [1.807, 2.05) is 39.0 Å². The number of amides is 1. The molecule has 0 fully saturated rings. The number of rotatable bonds is 4. The second kappa shape index (κ2) is 6.91. The highest BCUT2D eigenvalue weighted by atomic mass is 79.9. The van der Waals surface area contributed by atoms with Gasteiger partial charge in [-0.1, -0.05) is 29.8 Å². The van der Waals surface area contributed by atoms with Crippen molar-refractivity contribution >= 4 is 33.1 Å². The number of alkyl carbamates (subject to hydrolysis) is 1. The van der Waals surface area contributed by atoms with E-state index in [0.717, 1.165) is 27.8 Å². The molecule has 126 valence electrons. The first-order valence-electron chi connectivity index (χ1n) is 7.79. The van der Waals surface area contributed by atoms with Gasteiger partial charge < -0.3 is 15.0 Å². The van der Waals surface area contributed by atoms with Crippen molar-refractivity contribution in [2.75, 3.05) is 0 Å². The van der Waals surface area contributed by atoms with E-state index in [1.165, 1.54) is 0 Å². The average molecular weight is 382 g/mol. The Bertz CT molecular complexity index is 689. The second-order valence-electron chi connectivity index (χ2n) is 7.11. The van der Waals surface area contributed by atoms with Gasteiger partial charge in [-0.25, -0.2) is 9.78 Å². The molecule has 0 aliphatic carbocycles. The van der Waals surface area contributed by atoms with Gasteiger partial charge in [0.15, 0.2) is 0 Å². The van der Waals surface area contributed by atoms with Crippen LogP contribution in [0.4, 0.5) is 4.79 Å². The molecule has 1 atom stereocenters. The maximum atomic E-state index is 12.1. The lowest BCUT2D eigenvalue weighted by atomic mass is 10.0. The minimum Gasteiger partial charge on any atom is -0.444 e. The molecular weight excluding hydrogens is 358 g/mol. The number of carbonyl (C=O) groups is 1. The number of nitrogens with zero attached hydrogens (tertiary/aromatic N) is 1. The Hall–Kier alpha value is -1.56. The summed E-state index contributed by atoms with van der Waals surface area (Å²) in [4.78, 5) is 20.0. The summed E-state index contributed by atoms with van der Waals surface area (Å²) in [7, 11) is 0. The Morgan fingerprint density at radius 3 is 2.70 bits per heavy atom. The number of hydrogen-bond donors (Lipinski definition) is 2. The van der Waals surface area contributed by atoms with Gasteiger partial charge in [0, 0.05) is 4.47 Å². The number of halogens is 1. The number of aromatic nitrogens is 2. The molecule has 0 aliphatic heterocycles. The van der Waals surface area contributed by atoms with E-state index in [4.69, 9.17) is 4.74 Å². The molecule has 6 heteroatoms. The molecule has 1 aromatic heterocycles. The zero-order valence-electron chi connectivity index (χ0n) is 14.2. The third-order valence-electron chi connectivity index (χ3n) is 3.19. The first kappa shape index (κ1) is 17.8. The average Bonchev–Trinajstić information content (AvgIpc) is 2.77. The third kappa shape index (κ3) is 5.23. The largest absolute Gasteiger partial charge is 0.444 e. The van der Waals surface area contributed by atoms with E-state index < -0.39 is 11.7 Å². The fourth-order valence-corrected chi connectivity index (χ4v) is 2.69. The zero-order chi connectivity index (χ0) is 17.2. The van der Waals surface area contributed by atoms with Gasteiger partial charge >= 0.3 is 6.09 Å². The fourth-order valence-electron chi connectivity index (χ4n) is 2.33. The maximum Gasteiger partial charge on any atom is 0.408 e. The van der Waals surface area contributed by atoms with Crippen molar-refractivity contribution in [3.8, 4) is 0 Å². The summed E-state index contributed by atoms with van der Waals surface area (Å²) >= 11 is 3.45. The molecule has 0 radical (unpaired) electrons. The Labute approximate surface area is 145 Å². The predicted octanol–water partition coefficient (Wildman–Crippen LogP) is 4.94. The van der Waals surface area contributed by atoms with Crippen molar-refractivity contribution in [1.82, 2.24) is 15.3 Å². The van der Waals surface area contributed by atoms with Gasteiger partial charge in [0.25, 0.3) is 0 Å². The lowest BCUT2D eigenvalue weighted by molar-refractivity contribution is 0.0495. The summed E-state index contributed by atoms with van der Waals surface area (Å²) in [5.41, 5.74) is 1.29. The first-order valence-corrected chi connectivity index (χ1v) is 8.58. The number of ether oxygens (including phenoxy) is 1. The lowest BCUT2D eigenvalue weighted by Gasteiger charge is -2.23. The van der Waals surface area contributed by atoms with Crippen LogP contribution in [-0.2, 0) is 4.74 Å². The van der Waals surface area contributed by atoms with Crippen LogP contribution in [0.15, 0.2) is 22.7 Å². The molecule has 0 aliphatic rings. The van der Waals surface area contributed by atoms with Gasteiger partial charge in [0.1, 0.15) is 11.4 Å². The van der Waals surface area contributed by atoms with Crippen LogP contribution in [0.25, 0.3) is 11.0 Å². The highest BCUT2D eigenvalue weighted by Gasteiger charge is 2.23. The Morgan fingerprint density at radius 1 is 1.39 bits per heavy atom. The highest BCUT2D eigenvalue weighted by Crippen LogP contribution is 2.24. The molecule has 0 bridgehead atoms. The summed E-state index contributed by atoms with van der Waals surface area (Å²) in [5, 5.41) is 2.93. The van der Waals surface area contributed by atoms with Crippen molar-refractivity contribution < 1.29 is 9.53 Å².